The van der Waals surface area contributed by atoms with Crippen LogP contribution in [0.3, 0.4) is 0 Å². The lowest BCUT2D eigenvalue weighted by Gasteiger charge is -2.03. The number of nitrogens with zero attached hydrogens (tertiary/aromatic N) is 2. The molecule has 1 heterocycles. The van der Waals surface area contributed by atoms with Crippen LogP contribution in [0.25, 0.3) is 0 Å². The van der Waals surface area contributed by atoms with Gasteiger partial charge in [-0.25, -0.2) is 0 Å². The fourth-order valence-corrected chi connectivity index (χ4v) is 1.44. The lowest BCUT2D eigenvalue weighted by molar-refractivity contribution is -0.136. The Morgan fingerprint density at radius 3 is 2.77 bits per heavy atom. The van der Waals surface area contributed by atoms with Crippen LogP contribution in [0.5, 0.6) is 0 Å². The predicted octanol–water partition coefficient (Wildman–Crippen LogP) is 1.09. The van der Waals surface area contributed by atoms with Gasteiger partial charge in [-0.2, -0.15) is 5.10 Å². The van der Waals surface area contributed by atoms with Crippen molar-refractivity contribution in [2.75, 3.05) is 0 Å². The number of hydrogen-bond acceptors (Lipinski definition) is 2. The van der Waals surface area contributed by atoms with Crippen molar-refractivity contribution in [1.29, 1.82) is 0 Å². The number of carboxylic acid groups (broad SMARTS) is 1. The molecule has 0 aromatic carbocycles. The third-order valence-corrected chi connectivity index (χ3v) is 2.01. The summed E-state index contributed by atoms with van der Waals surface area (Å²) in [6.07, 6.45) is 2.55. The molecule has 1 N–H and O–H groups in total. The topological polar surface area (TPSA) is 55.1 Å². The molecule has 0 atom stereocenters. The van der Waals surface area contributed by atoms with E-state index in [1.165, 1.54) is 0 Å². The zero-order valence-electron chi connectivity index (χ0n) is 7.95. The first-order valence-corrected chi connectivity index (χ1v) is 4.44. The van der Waals surface area contributed by atoms with E-state index in [0.29, 0.717) is 0 Å². The Hall–Kier alpha value is -1.32. The molecular formula is C9H14N2O2. The Labute approximate surface area is 77.2 Å². The third-order valence-electron chi connectivity index (χ3n) is 2.01. The van der Waals surface area contributed by atoms with E-state index in [4.69, 9.17) is 5.11 Å². The van der Waals surface area contributed by atoms with Crippen LogP contribution in [-0.4, -0.2) is 20.9 Å². The molecule has 4 heteroatoms. The van der Waals surface area contributed by atoms with Gasteiger partial charge >= 0.3 is 5.97 Å². The first-order valence-electron chi connectivity index (χ1n) is 4.44. The molecule has 1 rings (SSSR count). The molecule has 0 saturated heterocycles. The summed E-state index contributed by atoms with van der Waals surface area (Å²) in [4.78, 5) is 10.5. The number of hydrogen-bond donors (Lipinski definition) is 1. The normalized spacial score (nSPS) is 10.3. The van der Waals surface area contributed by atoms with Crippen molar-refractivity contribution in [3.8, 4) is 0 Å². The third kappa shape index (κ3) is 2.08. The van der Waals surface area contributed by atoms with Gasteiger partial charge in [0.2, 0.25) is 0 Å². The zero-order valence-corrected chi connectivity index (χ0v) is 7.95. The molecule has 1 aromatic rings. The molecule has 0 saturated carbocycles. The van der Waals surface area contributed by atoms with Crippen LogP contribution in [0.1, 0.15) is 25.1 Å². The highest BCUT2D eigenvalue weighted by molar-refractivity contribution is 5.70. The second-order valence-electron chi connectivity index (χ2n) is 2.86. The summed E-state index contributed by atoms with van der Waals surface area (Å²) in [6, 6.07) is 0. The largest absolute Gasteiger partial charge is 0.481 e. The monoisotopic (exact) mass is 182 g/mol. The first kappa shape index (κ1) is 9.77. The molecule has 72 valence electrons. The maximum Gasteiger partial charge on any atom is 0.307 e. The van der Waals surface area contributed by atoms with Gasteiger partial charge in [0, 0.05) is 17.8 Å². The highest BCUT2D eigenvalue weighted by Gasteiger charge is 2.10. The lowest BCUT2D eigenvalue weighted by atomic mass is 10.1. The highest BCUT2D eigenvalue weighted by Crippen LogP contribution is 2.10. The van der Waals surface area contributed by atoms with E-state index in [2.05, 4.69) is 5.10 Å². The van der Waals surface area contributed by atoms with E-state index in [1.54, 1.807) is 6.20 Å². The number of aliphatic carboxylic acids is 1. The van der Waals surface area contributed by atoms with Crippen LogP contribution in [0.15, 0.2) is 6.20 Å². The van der Waals surface area contributed by atoms with Gasteiger partial charge in [-0.05, 0) is 13.3 Å². The zero-order chi connectivity index (χ0) is 9.84. The molecule has 0 bridgehead atoms. The quantitative estimate of drug-likeness (QED) is 0.758. The maximum absolute atomic E-state index is 10.5. The molecule has 0 radical (unpaired) electrons. The Morgan fingerprint density at radius 2 is 2.31 bits per heavy atom. The molecule has 0 aliphatic rings. The predicted molar refractivity (Wildman–Crippen MR) is 48.6 cm³/mol. The van der Waals surface area contributed by atoms with Crippen LogP contribution < -0.4 is 0 Å². The van der Waals surface area contributed by atoms with E-state index in [-0.39, 0.29) is 6.42 Å². The van der Waals surface area contributed by atoms with Crippen molar-refractivity contribution in [3.05, 3.63) is 17.5 Å². The number of aryl methyl sites for hydroxylation is 1. The summed E-state index contributed by atoms with van der Waals surface area (Å²) >= 11 is 0. The molecule has 13 heavy (non-hydrogen) atoms. The van der Waals surface area contributed by atoms with Crippen LogP contribution in [0, 0.1) is 0 Å². The second-order valence-corrected chi connectivity index (χ2v) is 2.86. The average molecular weight is 182 g/mol. The fourth-order valence-electron chi connectivity index (χ4n) is 1.44. The summed E-state index contributed by atoms with van der Waals surface area (Å²) in [7, 11) is 0. The smallest absolute Gasteiger partial charge is 0.307 e. The second kappa shape index (κ2) is 4.07. The van der Waals surface area contributed by atoms with Gasteiger partial charge in [0.25, 0.3) is 0 Å². The Balaban J connectivity index is 2.93. The number of carbonyl (C=O) groups is 1. The van der Waals surface area contributed by atoms with Gasteiger partial charge in [-0.3, -0.25) is 9.48 Å². The van der Waals surface area contributed by atoms with Crippen LogP contribution in [-0.2, 0) is 24.2 Å². The minimum absolute atomic E-state index is 0.0726. The SMILES string of the molecule is CCc1c(CC(=O)O)cnn1CC. The summed E-state index contributed by atoms with van der Waals surface area (Å²) in [5.41, 5.74) is 1.86. The molecule has 0 aliphatic carbocycles. The fraction of sp³-hybridized carbons (Fsp3) is 0.556. The maximum atomic E-state index is 10.5. The van der Waals surface area contributed by atoms with E-state index in [9.17, 15) is 4.79 Å². The molecule has 4 nitrogen and oxygen atoms in total. The summed E-state index contributed by atoms with van der Waals surface area (Å²) < 4.78 is 1.85. The minimum Gasteiger partial charge on any atom is -0.481 e. The van der Waals surface area contributed by atoms with Gasteiger partial charge in [-0.1, -0.05) is 6.92 Å². The molecular weight excluding hydrogens is 168 g/mol. The van der Waals surface area contributed by atoms with Crippen LogP contribution >= 0.6 is 0 Å². The van der Waals surface area contributed by atoms with Gasteiger partial charge in [0.1, 0.15) is 0 Å². The van der Waals surface area contributed by atoms with Gasteiger partial charge in [0.05, 0.1) is 12.6 Å². The number of rotatable bonds is 4. The average Bonchev–Trinajstić information content (AvgIpc) is 2.45. The van der Waals surface area contributed by atoms with Crippen molar-refractivity contribution in [1.82, 2.24) is 9.78 Å². The highest BCUT2D eigenvalue weighted by atomic mass is 16.4. The molecule has 1 aromatic heterocycles. The van der Waals surface area contributed by atoms with Crippen molar-refractivity contribution >= 4 is 5.97 Å². The minimum atomic E-state index is -0.801. The molecule has 0 amide bonds. The molecule has 0 fully saturated rings. The van der Waals surface area contributed by atoms with Crippen molar-refractivity contribution in [3.63, 3.8) is 0 Å². The lowest BCUT2D eigenvalue weighted by Crippen LogP contribution is -2.06. The van der Waals surface area contributed by atoms with Crippen molar-refractivity contribution in [2.45, 2.75) is 33.2 Å². The van der Waals surface area contributed by atoms with Crippen LogP contribution in [0.2, 0.25) is 0 Å². The van der Waals surface area contributed by atoms with E-state index < -0.39 is 5.97 Å². The van der Waals surface area contributed by atoms with Gasteiger partial charge < -0.3 is 5.11 Å². The Morgan fingerprint density at radius 1 is 1.62 bits per heavy atom. The molecule has 0 spiro atoms. The van der Waals surface area contributed by atoms with E-state index in [1.807, 2.05) is 18.5 Å². The van der Waals surface area contributed by atoms with Gasteiger partial charge in [0.15, 0.2) is 0 Å². The summed E-state index contributed by atoms with van der Waals surface area (Å²) in [5.74, 6) is -0.801. The number of aromatic nitrogens is 2. The van der Waals surface area contributed by atoms with E-state index >= 15 is 0 Å². The summed E-state index contributed by atoms with van der Waals surface area (Å²) in [5, 5.41) is 12.7. The Bertz CT molecular complexity index is 305. The standard InChI is InChI=1S/C9H14N2O2/c1-3-8-7(5-9(12)13)6-10-11(8)4-2/h6H,3-5H2,1-2H3,(H,12,13). The van der Waals surface area contributed by atoms with Gasteiger partial charge in [-0.15, -0.1) is 0 Å². The molecule has 0 aliphatic heterocycles. The van der Waals surface area contributed by atoms with E-state index in [0.717, 1.165) is 24.2 Å². The molecule has 0 unspecified atom stereocenters. The first-order chi connectivity index (χ1) is 6.19. The van der Waals surface area contributed by atoms with Crippen molar-refractivity contribution < 1.29 is 9.90 Å². The number of carboxylic acids is 1. The Kier molecular flexibility index (Phi) is 3.06. The van der Waals surface area contributed by atoms with Crippen LogP contribution in [0.4, 0.5) is 0 Å². The summed E-state index contributed by atoms with van der Waals surface area (Å²) in [6.45, 7) is 4.80. The van der Waals surface area contributed by atoms with Crippen molar-refractivity contribution in [2.24, 2.45) is 0 Å².